The van der Waals surface area contributed by atoms with Crippen LogP contribution in [0.15, 0.2) is 24.3 Å². The second kappa shape index (κ2) is 3.94. The van der Waals surface area contributed by atoms with Crippen LogP contribution in [0, 0.1) is 23.7 Å². The third-order valence-electron chi connectivity index (χ3n) is 5.68. The lowest BCUT2D eigenvalue weighted by Crippen LogP contribution is -2.59. The van der Waals surface area contributed by atoms with Gasteiger partial charge in [-0.3, -0.25) is 9.59 Å². The van der Waals surface area contributed by atoms with Crippen molar-refractivity contribution in [1.29, 1.82) is 0 Å². The van der Waals surface area contributed by atoms with Crippen LogP contribution in [0.25, 0.3) is 0 Å². The van der Waals surface area contributed by atoms with Crippen molar-refractivity contribution in [2.45, 2.75) is 40.5 Å². The summed E-state index contributed by atoms with van der Waals surface area (Å²) in [4.78, 5) is 27.1. The van der Waals surface area contributed by atoms with Crippen molar-refractivity contribution < 1.29 is 9.59 Å². The molecular formula is C17H21NO2. The summed E-state index contributed by atoms with van der Waals surface area (Å²) in [5.74, 6) is -0.113. The highest BCUT2D eigenvalue weighted by Gasteiger charge is 2.64. The van der Waals surface area contributed by atoms with Gasteiger partial charge in [-0.15, -0.1) is 0 Å². The van der Waals surface area contributed by atoms with Crippen LogP contribution < -0.4 is 4.90 Å². The molecule has 2 fully saturated rings. The minimum atomic E-state index is -0.435. The van der Waals surface area contributed by atoms with Crippen molar-refractivity contribution in [2.75, 3.05) is 4.90 Å². The molecule has 3 nitrogen and oxygen atoms in total. The van der Waals surface area contributed by atoms with E-state index in [0.29, 0.717) is 5.69 Å². The number of amides is 2. The van der Waals surface area contributed by atoms with E-state index in [1.807, 2.05) is 38.1 Å². The first-order chi connectivity index (χ1) is 9.29. The number of benzene rings is 1. The molecule has 0 unspecified atom stereocenters. The van der Waals surface area contributed by atoms with Gasteiger partial charge in [0.1, 0.15) is 0 Å². The van der Waals surface area contributed by atoms with Gasteiger partial charge in [-0.25, -0.2) is 4.90 Å². The Balaban J connectivity index is 2.12. The van der Waals surface area contributed by atoms with Gasteiger partial charge in [0, 0.05) is 5.92 Å². The van der Waals surface area contributed by atoms with Crippen molar-refractivity contribution in [2.24, 2.45) is 16.7 Å². The number of hydrogen-bond acceptors (Lipinski definition) is 2. The van der Waals surface area contributed by atoms with Crippen LogP contribution in [0.2, 0.25) is 0 Å². The number of fused-ring (bicyclic) bond motifs is 2. The molecule has 3 rings (SSSR count). The zero-order valence-corrected chi connectivity index (χ0v) is 12.6. The molecule has 3 heteroatoms. The molecular weight excluding hydrogens is 250 g/mol. The number of carbonyl (C=O) groups is 2. The molecule has 0 spiro atoms. The van der Waals surface area contributed by atoms with Crippen LogP contribution in [0.4, 0.5) is 5.69 Å². The Bertz CT molecular complexity index is 605. The van der Waals surface area contributed by atoms with Gasteiger partial charge >= 0.3 is 0 Å². The summed E-state index contributed by atoms with van der Waals surface area (Å²) in [5, 5.41) is 0. The molecule has 1 saturated carbocycles. The second-order valence-corrected chi connectivity index (χ2v) is 6.96. The summed E-state index contributed by atoms with van der Waals surface area (Å²) in [6, 6.07) is 7.64. The van der Waals surface area contributed by atoms with E-state index in [1.54, 1.807) is 0 Å². The Morgan fingerprint density at radius 2 is 1.90 bits per heavy atom. The second-order valence-electron chi connectivity index (χ2n) is 6.96. The molecule has 1 aliphatic carbocycles. The van der Waals surface area contributed by atoms with Crippen molar-refractivity contribution >= 4 is 17.5 Å². The molecule has 1 aromatic carbocycles. The fourth-order valence-electron chi connectivity index (χ4n) is 3.83. The number of imide groups is 1. The van der Waals surface area contributed by atoms with Crippen molar-refractivity contribution in [1.82, 2.24) is 0 Å². The molecule has 1 saturated heterocycles. The number of carbonyl (C=O) groups excluding carboxylic acids is 2. The van der Waals surface area contributed by atoms with Gasteiger partial charge in [-0.2, -0.15) is 0 Å². The number of hydrogen-bond donors (Lipinski definition) is 0. The molecule has 0 N–H and O–H groups in total. The van der Waals surface area contributed by atoms with Crippen LogP contribution >= 0.6 is 0 Å². The Labute approximate surface area is 120 Å². The fraction of sp³-hybridized carbons (Fsp3) is 0.529. The third-order valence-corrected chi connectivity index (χ3v) is 5.68. The average molecular weight is 271 g/mol. The predicted octanol–water partition coefficient (Wildman–Crippen LogP) is 3.31. The minimum Gasteiger partial charge on any atom is -0.274 e. The molecule has 2 amide bonds. The highest BCUT2D eigenvalue weighted by Crippen LogP contribution is 2.60. The first-order valence-electron chi connectivity index (χ1n) is 7.24. The Morgan fingerprint density at radius 1 is 1.20 bits per heavy atom. The summed E-state index contributed by atoms with van der Waals surface area (Å²) in [7, 11) is 0. The lowest BCUT2D eigenvalue weighted by molar-refractivity contribution is -0.146. The molecule has 2 atom stereocenters. The maximum atomic E-state index is 12.9. The van der Waals surface area contributed by atoms with Gasteiger partial charge in [-0.1, -0.05) is 32.9 Å². The molecule has 2 bridgehead atoms. The molecule has 1 heterocycles. The number of anilines is 1. The number of nitrogens with zero attached hydrogens (tertiary/aromatic N) is 1. The zero-order valence-electron chi connectivity index (χ0n) is 12.6. The maximum absolute atomic E-state index is 12.9. The SMILES string of the molecule is Cc1cccc(N2C(=O)[C@@H]3CC[C@@](C)(C2=O)C3(C)C)c1. The van der Waals surface area contributed by atoms with Crippen LogP contribution in [-0.2, 0) is 9.59 Å². The quantitative estimate of drug-likeness (QED) is 0.735. The standard InChI is InChI=1S/C17H21NO2/c1-11-6-5-7-12(10-11)18-14(19)13-8-9-17(4,15(18)20)16(13,2)3/h5-7,10,13H,8-9H2,1-4H3/t13-,17-/m0/s1. The van der Waals surface area contributed by atoms with E-state index in [4.69, 9.17) is 0 Å². The maximum Gasteiger partial charge on any atom is 0.240 e. The summed E-state index contributed by atoms with van der Waals surface area (Å²) in [6.07, 6.45) is 1.62. The van der Waals surface area contributed by atoms with Crippen LogP contribution in [-0.4, -0.2) is 11.8 Å². The lowest BCUT2D eigenvalue weighted by atomic mass is 9.62. The van der Waals surface area contributed by atoms with E-state index in [0.717, 1.165) is 18.4 Å². The normalized spacial score (nSPS) is 31.8. The van der Waals surface area contributed by atoms with E-state index < -0.39 is 5.41 Å². The fourth-order valence-corrected chi connectivity index (χ4v) is 3.83. The monoisotopic (exact) mass is 271 g/mol. The zero-order chi connectivity index (χ0) is 14.7. The first-order valence-corrected chi connectivity index (χ1v) is 7.24. The number of piperidine rings is 1. The summed E-state index contributed by atoms with van der Waals surface area (Å²) in [5.41, 5.74) is 1.09. The topological polar surface area (TPSA) is 37.4 Å². The molecule has 1 aliphatic heterocycles. The molecule has 1 aromatic rings. The van der Waals surface area contributed by atoms with Crippen molar-refractivity contribution in [3.8, 4) is 0 Å². The smallest absolute Gasteiger partial charge is 0.240 e. The minimum absolute atomic E-state index is 0.0272. The van der Waals surface area contributed by atoms with Gasteiger partial charge in [-0.05, 0) is 42.9 Å². The molecule has 106 valence electrons. The van der Waals surface area contributed by atoms with Gasteiger partial charge in [0.05, 0.1) is 11.1 Å². The van der Waals surface area contributed by atoms with Crippen LogP contribution in [0.3, 0.4) is 0 Å². The summed E-state index contributed by atoms with van der Waals surface area (Å²) >= 11 is 0. The van der Waals surface area contributed by atoms with E-state index in [2.05, 4.69) is 13.8 Å². The van der Waals surface area contributed by atoms with Crippen LogP contribution in [0.5, 0.6) is 0 Å². The van der Waals surface area contributed by atoms with E-state index in [-0.39, 0.29) is 23.1 Å². The highest BCUT2D eigenvalue weighted by atomic mass is 16.2. The number of aryl methyl sites for hydroxylation is 1. The van der Waals surface area contributed by atoms with Gasteiger partial charge in [0.25, 0.3) is 0 Å². The largest absolute Gasteiger partial charge is 0.274 e. The van der Waals surface area contributed by atoms with Gasteiger partial charge < -0.3 is 0 Å². The Morgan fingerprint density at radius 3 is 2.55 bits per heavy atom. The van der Waals surface area contributed by atoms with E-state index in [1.165, 1.54) is 4.90 Å². The number of rotatable bonds is 1. The summed E-state index contributed by atoms with van der Waals surface area (Å²) in [6.45, 7) is 8.12. The molecule has 20 heavy (non-hydrogen) atoms. The Hall–Kier alpha value is -1.64. The first kappa shape index (κ1) is 13.3. The van der Waals surface area contributed by atoms with E-state index in [9.17, 15) is 9.59 Å². The molecule has 0 radical (unpaired) electrons. The Kier molecular flexibility index (Phi) is 2.63. The average Bonchev–Trinajstić information content (AvgIpc) is 2.54. The third kappa shape index (κ3) is 1.46. The van der Waals surface area contributed by atoms with Gasteiger partial charge in [0.2, 0.25) is 11.8 Å². The van der Waals surface area contributed by atoms with Crippen molar-refractivity contribution in [3.05, 3.63) is 29.8 Å². The van der Waals surface area contributed by atoms with Gasteiger partial charge in [0.15, 0.2) is 0 Å². The van der Waals surface area contributed by atoms with Crippen molar-refractivity contribution in [3.63, 3.8) is 0 Å². The predicted molar refractivity (Wildman–Crippen MR) is 78.3 cm³/mol. The molecule has 0 aromatic heterocycles. The summed E-state index contributed by atoms with van der Waals surface area (Å²) < 4.78 is 0. The molecule has 2 aliphatic rings. The lowest BCUT2D eigenvalue weighted by Gasteiger charge is -2.47. The van der Waals surface area contributed by atoms with E-state index >= 15 is 0 Å². The van der Waals surface area contributed by atoms with Crippen LogP contribution in [0.1, 0.15) is 39.2 Å². The highest BCUT2D eigenvalue weighted by molar-refractivity contribution is 6.20.